The first kappa shape index (κ1) is 21.7. The third kappa shape index (κ3) is 5.52. The Hall–Kier alpha value is -3.04. The number of aromatic nitrogens is 1. The average Bonchev–Trinajstić information content (AvgIpc) is 3.10. The van der Waals surface area contributed by atoms with Crippen LogP contribution in [-0.2, 0) is 9.59 Å². The molecule has 0 unspecified atom stereocenters. The number of carboxylic acid groups (broad SMARTS) is 2. The van der Waals surface area contributed by atoms with Crippen LogP contribution >= 0.6 is 11.6 Å². The van der Waals surface area contributed by atoms with Crippen LogP contribution in [0.4, 0.5) is 11.4 Å². The molecular weight excluding hydrogens is 410 g/mol. The number of fused-ring (bicyclic) bond motifs is 2. The van der Waals surface area contributed by atoms with Gasteiger partial charge in [-0.05, 0) is 37.4 Å². The number of benzene rings is 1. The third-order valence-electron chi connectivity index (χ3n) is 4.76. The zero-order chi connectivity index (χ0) is 21.7. The monoisotopic (exact) mass is 433 g/mol. The third-order valence-corrected chi connectivity index (χ3v) is 5.00. The number of hydrogen-bond donors (Lipinski definition) is 3. The molecule has 2 aliphatic heterocycles. The number of hydrogen-bond acceptors (Lipinski definition) is 6. The normalized spacial score (nSPS) is 15.5. The van der Waals surface area contributed by atoms with E-state index in [0.717, 1.165) is 49.1 Å². The number of piperazine rings is 1. The molecule has 0 atom stereocenters. The van der Waals surface area contributed by atoms with Crippen molar-refractivity contribution in [3.63, 3.8) is 0 Å². The zero-order valence-corrected chi connectivity index (χ0v) is 17.3. The maximum Gasteiger partial charge on any atom is 0.303 e. The number of aliphatic carboxylic acids is 2. The summed E-state index contributed by atoms with van der Waals surface area (Å²) in [5.41, 5.74) is 6.32. The predicted molar refractivity (Wildman–Crippen MR) is 115 cm³/mol. The summed E-state index contributed by atoms with van der Waals surface area (Å²) in [4.78, 5) is 28.9. The quantitative estimate of drug-likeness (QED) is 0.682. The van der Waals surface area contributed by atoms with E-state index in [2.05, 4.69) is 28.3 Å². The standard InChI is InChI=1S/C16H18ClN5.C4H6O4/c1-20-7-9-21(10-8-20)16-15-3-2-6-22(15)19-13-5-4-12(17)11-14(13)18-16;5-3(6)1-2-4(7)8/h2-6,11,19H,7-10H2,1H3;1-2H2,(H,5,6)(H,7,8). The van der Waals surface area contributed by atoms with Crippen molar-refractivity contribution >= 4 is 40.7 Å². The Labute approximate surface area is 179 Å². The van der Waals surface area contributed by atoms with Crippen molar-refractivity contribution in [2.45, 2.75) is 12.8 Å². The molecule has 0 radical (unpaired) electrons. The van der Waals surface area contributed by atoms with Crippen molar-refractivity contribution < 1.29 is 19.8 Å². The molecule has 9 nitrogen and oxygen atoms in total. The number of amidine groups is 1. The number of aliphatic imine (C=N–C) groups is 1. The summed E-state index contributed by atoms with van der Waals surface area (Å²) in [6, 6.07) is 9.89. The lowest BCUT2D eigenvalue weighted by Crippen LogP contribution is -2.47. The van der Waals surface area contributed by atoms with Crippen LogP contribution in [0.25, 0.3) is 0 Å². The second-order valence-electron chi connectivity index (χ2n) is 7.05. The Kier molecular flexibility index (Phi) is 6.96. The van der Waals surface area contributed by atoms with Crippen LogP contribution in [0.1, 0.15) is 18.5 Å². The van der Waals surface area contributed by atoms with E-state index in [0.29, 0.717) is 5.02 Å². The van der Waals surface area contributed by atoms with E-state index in [1.165, 1.54) is 0 Å². The first-order chi connectivity index (χ1) is 14.3. The van der Waals surface area contributed by atoms with Gasteiger partial charge >= 0.3 is 11.9 Å². The smallest absolute Gasteiger partial charge is 0.303 e. The fraction of sp³-hybridized carbons (Fsp3) is 0.350. The van der Waals surface area contributed by atoms with Crippen molar-refractivity contribution in [2.24, 2.45) is 4.99 Å². The average molecular weight is 434 g/mol. The van der Waals surface area contributed by atoms with E-state index in [1.54, 1.807) is 0 Å². The van der Waals surface area contributed by atoms with Crippen LogP contribution in [-0.4, -0.2) is 75.7 Å². The molecule has 2 aliphatic rings. The van der Waals surface area contributed by atoms with E-state index < -0.39 is 11.9 Å². The van der Waals surface area contributed by atoms with Gasteiger partial charge < -0.3 is 20.0 Å². The van der Waals surface area contributed by atoms with Crippen molar-refractivity contribution in [2.75, 3.05) is 38.7 Å². The molecular formula is C20H24ClN5O4. The lowest BCUT2D eigenvalue weighted by molar-refractivity contribution is -0.143. The lowest BCUT2D eigenvalue weighted by atomic mass is 10.2. The van der Waals surface area contributed by atoms with Crippen LogP contribution in [0.2, 0.25) is 5.02 Å². The number of carbonyl (C=O) groups is 2. The maximum atomic E-state index is 9.64. The van der Waals surface area contributed by atoms with Crippen LogP contribution < -0.4 is 5.43 Å². The van der Waals surface area contributed by atoms with Crippen LogP contribution in [0.15, 0.2) is 41.5 Å². The molecule has 0 saturated carbocycles. The van der Waals surface area contributed by atoms with Crippen molar-refractivity contribution in [3.8, 4) is 0 Å². The fourth-order valence-corrected chi connectivity index (χ4v) is 3.28. The predicted octanol–water partition coefficient (Wildman–Crippen LogP) is 2.59. The molecule has 4 rings (SSSR count). The summed E-state index contributed by atoms with van der Waals surface area (Å²) in [5, 5.41) is 16.5. The molecule has 3 heterocycles. The molecule has 1 fully saturated rings. The highest BCUT2D eigenvalue weighted by Gasteiger charge is 2.23. The van der Waals surface area contributed by atoms with Gasteiger partial charge in [0.15, 0.2) is 5.84 Å². The molecule has 0 amide bonds. The molecule has 2 aromatic rings. The molecule has 0 spiro atoms. The molecule has 0 aliphatic carbocycles. The number of halogens is 1. The van der Waals surface area contributed by atoms with Crippen molar-refractivity contribution in [3.05, 3.63) is 47.2 Å². The Morgan fingerprint density at radius 2 is 1.77 bits per heavy atom. The van der Waals surface area contributed by atoms with E-state index in [-0.39, 0.29) is 12.8 Å². The van der Waals surface area contributed by atoms with E-state index in [1.807, 2.05) is 35.1 Å². The first-order valence-electron chi connectivity index (χ1n) is 9.53. The Morgan fingerprint density at radius 3 is 2.40 bits per heavy atom. The highest BCUT2D eigenvalue weighted by molar-refractivity contribution is 6.31. The van der Waals surface area contributed by atoms with Gasteiger partial charge in [0.1, 0.15) is 5.69 Å². The SMILES string of the molecule is CN1CCN(C2=Nc3cc(Cl)ccc3Nn3cccc32)CC1.O=C(O)CCC(=O)O. The second-order valence-corrected chi connectivity index (χ2v) is 7.49. The van der Waals surface area contributed by atoms with Gasteiger partial charge in [-0.1, -0.05) is 11.6 Å². The number of anilines is 1. The lowest BCUT2D eigenvalue weighted by Gasteiger charge is -2.34. The van der Waals surface area contributed by atoms with Crippen molar-refractivity contribution in [1.29, 1.82) is 0 Å². The Bertz CT molecular complexity index is 936. The van der Waals surface area contributed by atoms with Gasteiger partial charge in [0.2, 0.25) is 0 Å². The molecule has 10 heteroatoms. The highest BCUT2D eigenvalue weighted by Crippen LogP contribution is 2.32. The van der Waals surface area contributed by atoms with E-state index in [9.17, 15) is 9.59 Å². The van der Waals surface area contributed by atoms with Crippen LogP contribution in [0, 0.1) is 0 Å². The van der Waals surface area contributed by atoms with Gasteiger partial charge in [0.05, 0.1) is 24.2 Å². The molecule has 1 saturated heterocycles. The Balaban J connectivity index is 0.000000275. The van der Waals surface area contributed by atoms with Gasteiger partial charge in [-0.15, -0.1) is 0 Å². The van der Waals surface area contributed by atoms with Crippen LogP contribution in [0.5, 0.6) is 0 Å². The second kappa shape index (κ2) is 9.64. The summed E-state index contributed by atoms with van der Waals surface area (Å²) >= 11 is 6.14. The topological polar surface area (TPSA) is 110 Å². The summed E-state index contributed by atoms with van der Waals surface area (Å²) in [7, 11) is 2.16. The highest BCUT2D eigenvalue weighted by atomic mass is 35.5. The minimum atomic E-state index is -1.08. The largest absolute Gasteiger partial charge is 0.481 e. The molecule has 1 aromatic heterocycles. The zero-order valence-electron chi connectivity index (χ0n) is 16.6. The fourth-order valence-electron chi connectivity index (χ4n) is 3.12. The van der Waals surface area contributed by atoms with Crippen LogP contribution in [0.3, 0.4) is 0 Å². The minimum Gasteiger partial charge on any atom is -0.481 e. The summed E-state index contributed by atoms with van der Waals surface area (Å²) in [6.45, 7) is 4.07. The molecule has 30 heavy (non-hydrogen) atoms. The molecule has 3 N–H and O–H groups in total. The number of rotatable bonds is 3. The van der Waals surface area contributed by atoms with E-state index >= 15 is 0 Å². The molecule has 1 aromatic carbocycles. The summed E-state index contributed by atoms with van der Waals surface area (Å²) in [5.74, 6) is -1.15. The van der Waals surface area contributed by atoms with Gasteiger partial charge in [-0.3, -0.25) is 19.7 Å². The number of nitrogens with one attached hydrogen (secondary N) is 1. The first-order valence-corrected chi connectivity index (χ1v) is 9.91. The van der Waals surface area contributed by atoms with Gasteiger partial charge in [-0.2, -0.15) is 0 Å². The minimum absolute atomic E-state index is 0.296. The van der Waals surface area contributed by atoms with Gasteiger partial charge in [-0.25, -0.2) is 4.99 Å². The molecule has 0 bridgehead atoms. The Morgan fingerprint density at radius 1 is 1.10 bits per heavy atom. The van der Waals surface area contributed by atoms with Crippen molar-refractivity contribution in [1.82, 2.24) is 14.5 Å². The maximum absolute atomic E-state index is 9.64. The van der Waals surface area contributed by atoms with E-state index in [4.69, 9.17) is 26.8 Å². The summed E-state index contributed by atoms with van der Waals surface area (Å²) in [6.07, 6.45) is 1.43. The molecule has 160 valence electrons. The summed E-state index contributed by atoms with van der Waals surface area (Å²) < 4.78 is 2.02. The van der Waals surface area contributed by atoms with Gasteiger partial charge in [0, 0.05) is 37.4 Å². The number of likely N-dealkylation sites (N-methyl/N-ethyl adjacent to an activating group) is 1. The number of nitrogens with zero attached hydrogens (tertiary/aromatic N) is 4. The number of carboxylic acids is 2. The van der Waals surface area contributed by atoms with Gasteiger partial charge in [0.25, 0.3) is 0 Å².